The summed E-state index contributed by atoms with van der Waals surface area (Å²) in [4.78, 5) is 12.5. The van der Waals surface area contributed by atoms with E-state index in [1.807, 2.05) is 34.9 Å². The van der Waals surface area contributed by atoms with Crippen LogP contribution < -0.4 is 18.9 Å². The number of aromatic nitrogens is 3. The Balaban J connectivity index is 1.21. The first-order chi connectivity index (χ1) is 19.6. The molecule has 0 saturated heterocycles. The van der Waals surface area contributed by atoms with Crippen molar-refractivity contribution in [3.63, 3.8) is 0 Å². The molecule has 1 aliphatic heterocycles. The highest BCUT2D eigenvalue weighted by atomic mass is 16.6. The number of rotatable bonds is 9. The highest BCUT2D eigenvalue weighted by Crippen LogP contribution is 2.30. The van der Waals surface area contributed by atoms with Crippen molar-refractivity contribution < 1.29 is 23.7 Å². The number of nitriles is 1. The Morgan fingerprint density at radius 2 is 1.73 bits per heavy atom. The molecule has 1 aromatic heterocycles. The van der Waals surface area contributed by atoms with Crippen LogP contribution in [0.5, 0.6) is 28.7 Å². The summed E-state index contributed by atoms with van der Waals surface area (Å²) in [6, 6.07) is 23.7. The van der Waals surface area contributed by atoms with Gasteiger partial charge in [0.2, 0.25) is 0 Å². The number of hydrogen-bond acceptors (Lipinski definition) is 8. The van der Waals surface area contributed by atoms with Crippen LogP contribution in [0.1, 0.15) is 36.5 Å². The van der Waals surface area contributed by atoms with Crippen LogP contribution >= 0.6 is 0 Å². The largest absolute Gasteiger partial charge is 0.493 e. The average molecular weight is 537 g/mol. The normalized spacial score (nSPS) is 12.9. The summed E-state index contributed by atoms with van der Waals surface area (Å²) < 4.78 is 24.3. The van der Waals surface area contributed by atoms with E-state index in [2.05, 4.69) is 16.3 Å². The van der Waals surface area contributed by atoms with Crippen molar-refractivity contribution >= 4 is 17.6 Å². The molecule has 0 saturated carbocycles. The van der Waals surface area contributed by atoms with E-state index < -0.39 is 5.97 Å². The van der Waals surface area contributed by atoms with Gasteiger partial charge in [-0.15, -0.1) is 10.2 Å². The molecule has 202 valence electrons. The molecular weight excluding hydrogens is 508 g/mol. The number of methoxy groups -OCH3 is 1. The fourth-order valence-electron chi connectivity index (χ4n) is 4.38. The van der Waals surface area contributed by atoms with Crippen LogP contribution in [0, 0.1) is 11.3 Å². The van der Waals surface area contributed by atoms with Gasteiger partial charge in [0.1, 0.15) is 29.1 Å². The van der Waals surface area contributed by atoms with E-state index in [1.165, 1.54) is 7.11 Å². The Kier molecular flexibility index (Phi) is 8.37. The van der Waals surface area contributed by atoms with Crippen molar-refractivity contribution in [1.82, 2.24) is 14.8 Å². The Labute approximate surface area is 232 Å². The van der Waals surface area contributed by atoms with Crippen molar-refractivity contribution in [2.75, 3.05) is 13.7 Å². The first kappa shape index (κ1) is 26.5. The van der Waals surface area contributed by atoms with Crippen LogP contribution in [-0.4, -0.2) is 34.5 Å². The van der Waals surface area contributed by atoms with Crippen LogP contribution in [-0.2, 0) is 17.8 Å². The topological polar surface area (TPSA) is 108 Å². The van der Waals surface area contributed by atoms with E-state index >= 15 is 0 Å². The standard InChI is InChI=1S/C31H28N4O5/c1-37-28-19-22(18-23(20-32)31-34-33-29-10-6-3-7-17-35(29)31)11-16-27(28)40-30(36)21-38-24-12-14-26(15-13-24)39-25-8-4-2-5-9-25/h2,4-5,8-9,11-16,18-19H,3,6-7,10,17,21H2,1H3/b23-18+. The second-order valence-corrected chi connectivity index (χ2v) is 9.13. The van der Waals surface area contributed by atoms with Crippen LogP contribution in [0.15, 0.2) is 72.8 Å². The highest BCUT2D eigenvalue weighted by molar-refractivity contribution is 5.87. The van der Waals surface area contributed by atoms with Gasteiger partial charge >= 0.3 is 5.97 Å². The zero-order valence-corrected chi connectivity index (χ0v) is 22.1. The van der Waals surface area contributed by atoms with E-state index in [-0.39, 0.29) is 12.4 Å². The molecule has 0 fully saturated rings. The van der Waals surface area contributed by atoms with Gasteiger partial charge in [-0.25, -0.2) is 4.79 Å². The molecule has 0 atom stereocenters. The van der Waals surface area contributed by atoms with E-state index in [4.69, 9.17) is 18.9 Å². The summed E-state index contributed by atoms with van der Waals surface area (Å²) in [5.74, 6) is 3.36. The summed E-state index contributed by atoms with van der Waals surface area (Å²) >= 11 is 0. The van der Waals surface area contributed by atoms with Gasteiger partial charge in [-0.05, 0) is 73.0 Å². The second kappa shape index (κ2) is 12.6. The van der Waals surface area contributed by atoms with Crippen LogP contribution in [0.25, 0.3) is 11.6 Å². The number of aryl methyl sites for hydroxylation is 1. The summed E-state index contributed by atoms with van der Waals surface area (Å²) in [6.07, 6.45) is 5.82. The number of allylic oxidation sites excluding steroid dienone is 1. The number of carbonyl (C=O) groups excluding carboxylic acids is 1. The number of fused-ring (bicyclic) bond motifs is 1. The molecule has 40 heavy (non-hydrogen) atoms. The van der Waals surface area contributed by atoms with Crippen LogP contribution in [0.2, 0.25) is 0 Å². The molecule has 4 aromatic rings. The Morgan fingerprint density at radius 1 is 0.950 bits per heavy atom. The van der Waals surface area contributed by atoms with Crippen molar-refractivity contribution in [3.8, 4) is 34.8 Å². The zero-order chi connectivity index (χ0) is 27.7. The molecule has 5 rings (SSSR count). The average Bonchev–Trinajstić information content (AvgIpc) is 3.23. The number of benzene rings is 3. The van der Waals surface area contributed by atoms with Crippen molar-refractivity contribution in [2.24, 2.45) is 0 Å². The SMILES string of the molecule is COc1cc(/C=C(\C#N)c2nnc3n2CCCCC3)ccc1OC(=O)COc1ccc(Oc2ccccc2)cc1. The third-order valence-electron chi connectivity index (χ3n) is 6.35. The van der Waals surface area contributed by atoms with Crippen LogP contribution in [0.3, 0.4) is 0 Å². The third-order valence-corrected chi connectivity index (χ3v) is 6.35. The molecule has 1 aliphatic rings. The van der Waals surface area contributed by atoms with Crippen LogP contribution in [0.4, 0.5) is 0 Å². The maximum atomic E-state index is 12.5. The molecular formula is C31H28N4O5. The first-order valence-electron chi connectivity index (χ1n) is 13.0. The maximum Gasteiger partial charge on any atom is 0.349 e. The molecule has 2 heterocycles. The number of para-hydroxylation sites is 1. The third kappa shape index (κ3) is 6.48. The lowest BCUT2D eigenvalue weighted by Gasteiger charge is -2.11. The van der Waals surface area contributed by atoms with E-state index in [1.54, 1.807) is 48.5 Å². The van der Waals surface area contributed by atoms with E-state index in [0.717, 1.165) is 43.8 Å². The Hall–Kier alpha value is -5.10. The van der Waals surface area contributed by atoms with Gasteiger partial charge in [-0.1, -0.05) is 30.7 Å². The molecule has 0 spiro atoms. The smallest absolute Gasteiger partial charge is 0.349 e. The van der Waals surface area contributed by atoms with E-state index in [9.17, 15) is 10.1 Å². The van der Waals surface area contributed by atoms with Gasteiger partial charge in [0.25, 0.3) is 0 Å². The molecule has 0 bridgehead atoms. The molecule has 0 radical (unpaired) electrons. The molecule has 9 nitrogen and oxygen atoms in total. The van der Waals surface area contributed by atoms with Gasteiger partial charge in [-0.2, -0.15) is 5.26 Å². The summed E-state index contributed by atoms with van der Waals surface area (Å²) in [5, 5.41) is 18.4. The molecule has 0 aliphatic carbocycles. The molecule has 3 aromatic carbocycles. The minimum absolute atomic E-state index is 0.245. The number of nitrogens with zero attached hydrogens (tertiary/aromatic N) is 4. The number of esters is 1. The summed E-state index contributed by atoms with van der Waals surface area (Å²) in [5.41, 5.74) is 1.11. The van der Waals surface area contributed by atoms with Gasteiger partial charge in [0, 0.05) is 13.0 Å². The highest BCUT2D eigenvalue weighted by Gasteiger charge is 2.18. The molecule has 0 unspecified atom stereocenters. The Bertz CT molecular complexity index is 1540. The number of hydrogen-bond donors (Lipinski definition) is 0. The Morgan fingerprint density at radius 3 is 2.50 bits per heavy atom. The minimum Gasteiger partial charge on any atom is -0.493 e. The van der Waals surface area contributed by atoms with Gasteiger partial charge in [0.15, 0.2) is 23.9 Å². The zero-order valence-electron chi connectivity index (χ0n) is 22.1. The predicted molar refractivity (Wildman–Crippen MR) is 148 cm³/mol. The van der Waals surface area contributed by atoms with Crippen molar-refractivity contribution in [3.05, 3.63) is 90.0 Å². The lowest BCUT2D eigenvalue weighted by molar-refractivity contribution is -0.136. The van der Waals surface area contributed by atoms with Crippen molar-refractivity contribution in [2.45, 2.75) is 32.2 Å². The number of carbonyl (C=O) groups is 1. The van der Waals surface area contributed by atoms with Gasteiger partial charge in [0.05, 0.1) is 12.7 Å². The predicted octanol–water partition coefficient (Wildman–Crippen LogP) is 5.85. The molecule has 0 N–H and O–H groups in total. The number of ether oxygens (including phenoxy) is 4. The fraction of sp³-hybridized carbons (Fsp3) is 0.226. The van der Waals surface area contributed by atoms with E-state index in [0.29, 0.717) is 34.2 Å². The first-order valence-corrected chi connectivity index (χ1v) is 13.0. The fourth-order valence-corrected chi connectivity index (χ4v) is 4.38. The monoisotopic (exact) mass is 536 g/mol. The van der Waals surface area contributed by atoms with Gasteiger partial charge < -0.3 is 23.5 Å². The summed E-state index contributed by atoms with van der Waals surface area (Å²) in [7, 11) is 1.49. The summed E-state index contributed by atoms with van der Waals surface area (Å²) in [6.45, 7) is 0.503. The molecule has 0 amide bonds. The van der Waals surface area contributed by atoms with Crippen molar-refractivity contribution in [1.29, 1.82) is 5.26 Å². The molecule has 9 heteroatoms. The lowest BCUT2D eigenvalue weighted by Crippen LogP contribution is -2.18. The van der Waals surface area contributed by atoms with Gasteiger partial charge in [-0.3, -0.25) is 0 Å². The quantitative estimate of drug-likeness (QED) is 0.149. The second-order valence-electron chi connectivity index (χ2n) is 9.13. The lowest BCUT2D eigenvalue weighted by atomic mass is 10.1. The minimum atomic E-state index is -0.588. The maximum absolute atomic E-state index is 12.5.